The van der Waals surface area contributed by atoms with E-state index in [0.29, 0.717) is 6.54 Å². The highest BCUT2D eigenvalue weighted by Crippen LogP contribution is 2.25. The maximum atomic E-state index is 13.2. The fraction of sp³-hybridized carbons (Fsp3) is 0.458. The molecule has 2 amide bonds. The molecule has 2 aromatic rings. The molecule has 1 saturated heterocycles. The van der Waals surface area contributed by atoms with Crippen LogP contribution in [0, 0.1) is 0 Å². The second kappa shape index (κ2) is 9.47. The molecule has 1 saturated carbocycles. The number of hydrogen-bond donors (Lipinski definition) is 1. The number of amides is 2. The molecule has 1 aliphatic carbocycles. The Morgan fingerprint density at radius 1 is 1.03 bits per heavy atom. The topological polar surface area (TPSA) is 74.7 Å². The van der Waals surface area contributed by atoms with Gasteiger partial charge in [0.2, 0.25) is 5.91 Å². The van der Waals surface area contributed by atoms with Crippen molar-refractivity contribution in [2.24, 2.45) is 0 Å². The van der Waals surface area contributed by atoms with Crippen LogP contribution in [0.5, 0.6) is 0 Å². The van der Waals surface area contributed by atoms with Crippen LogP contribution in [0.1, 0.15) is 47.6 Å². The van der Waals surface area contributed by atoms with E-state index in [0.717, 1.165) is 44.3 Å². The van der Waals surface area contributed by atoms with Gasteiger partial charge in [0.25, 0.3) is 11.5 Å². The van der Waals surface area contributed by atoms with Gasteiger partial charge in [-0.2, -0.15) is 0 Å². The van der Waals surface area contributed by atoms with Crippen molar-refractivity contribution in [3.05, 3.63) is 70.1 Å². The number of carbonyl (C=O) groups excluding carboxylic acids is 2. The van der Waals surface area contributed by atoms with Crippen molar-refractivity contribution >= 4 is 11.8 Å². The van der Waals surface area contributed by atoms with Crippen LogP contribution in [-0.2, 0) is 11.3 Å². The van der Waals surface area contributed by atoms with E-state index in [1.54, 1.807) is 12.3 Å². The predicted molar refractivity (Wildman–Crippen MR) is 119 cm³/mol. The molecular weight excluding hydrogens is 392 g/mol. The molecular formula is C24H30N4O3. The lowest BCUT2D eigenvalue weighted by molar-refractivity contribution is -0.136. The predicted octanol–water partition coefficient (Wildman–Crippen LogP) is 2.04. The van der Waals surface area contributed by atoms with Gasteiger partial charge in [0.15, 0.2) is 0 Å². The summed E-state index contributed by atoms with van der Waals surface area (Å²) in [5, 5.41) is 2.96. The number of aromatic nitrogens is 1. The van der Waals surface area contributed by atoms with Gasteiger partial charge in [0.05, 0.1) is 6.04 Å². The van der Waals surface area contributed by atoms with Gasteiger partial charge in [0.1, 0.15) is 12.1 Å². The lowest BCUT2D eigenvalue weighted by Crippen LogP contribution is -2.50. The van der Waals surface area contributed by atoms with Crippen LogP contribution in [0.3, 0.4) is 0 Å². The number of piperazine rings is 1. The Hall–Kier alpha value is -2.93. The molecule has 0 bridgehead atoms. The molecule has 1 aromatic carbocycles. The average Bonchev–Trinajstić information content (AvgIpc) is 3.28. The minimum absolute atomic E-state index is 0.0583. The molecule has 2 fully saturated rings. The van der Waals surface area contributed by atoms with Crippen molar-refractivity contribution in [1.82, 2.24) is 19.7 Å². The Balaban J connectivity index is 1.51. The van der Waals surface area contributed by atoms with E-state index in [1.165, 1.54) is 10.6 Å². The van der Waals surface area contributed by atoms with Gasteiger partial charge in [-0.3, -0.25) is 14.4 Å². The van der Waals surface area contributed by atoms with Gasteiger partial charge in [-0.25, -0.2) is 0 Å². The Labute approximate surface area is 182 Å². The largest absolute Gasteiger partial charge is 0.349 e. The van der Waals surface area contributed by atoms with Gasteiger partial charge in [-0.15, -0.1) is 0 Å². The Morgan fingerprint density at radius 2 is 1.77 bits per heavy atom. The first-order valence-corrected chi connectivity index (χ1v) is 11.1. The molecule has 31 heavy (non-hydrogen) atoms. The van der Waals surface area contributed by atoms with E-state index in [9.17, 15) is 14.4 Å². The van der Waals surface area contributed by atoms with E-state index in [4.69, 9.17) is 0 Å². The molecule has 1 N–H and O–H groups in total. The van der Waals surface area contributed by atoms with E-state index < -0.39 is 5.56 Å². The molecule has 1 atom stereocenters. The highest BCUT2D eigenvalue weighted by Gasteiger charge is 2.30. The second-order valence-electron chi connectivity index (χ2n) is 8.59. The molecule has 2 aliphatic rings. The highest BCUT2D eigenvalue weighted by atomic mass is 16.2. The van der Waals surface area contributed by atoms with E-state index in [-0.39, 0.29) is 36.0 Å². The first kappa shape index (κ1) is 21.3. The summed E-state index contributed by atoms with van der Waals surface area (Å²) in [6, 6.07) is 13.3. The Kier molecular flexibility index (Phi) is 6.51. The van der Waals surface area contributed by atoms with Gasteiger partial charge in [-0.1, -0.05) is 43.2 Å². The third kappa shape index (κ3) is 4.88. The standard InChI is InChI=1S/C24H30N4O3/c1-26-14-15-28(21(16-26)18-8-3-2-4-9-18)22(29)17-27-13-7-12-20(24(27)31)23(30)25-19-10-5-6-11-19/h2-4,7-9,12-13,19,21H,5-6,10-11,14-17H2,1H3,(H,25,30). The quantitative estimate of drug-likeness (QED) is 0.800. The minimum Gasteiger partial charge on any atom is -0.349 e. The fourth-order valence-electron chi connectivity index (χ4n) is 4.58. The van der Waals surface area contributed by atoms with Gasteiger partial charge < -0.3 is 19.7 Å². The number of hydrogen-bond acceptors (Lipinski definition) is 4. The van der Waals surface area contributed by atoms with E-state index in [2.05, 4.69) is 17.3 Å². The third-order valence-corrected chi connectivity index (χ3v) is 6.35. The summed E-state index contributed by atoms with van der Waals surface area (Å²) < 4.78 is 1.35. The number of carbonyl (C=O) groups is 2. The zero-order valence-electron chi connectivity index (χ0n) is 18.0. The Bertz CT molecular complexity index is 982. The highest BCUT2D eigenvalue weighted by molar-refractivity contribution is 5.94. The molecule has 0 radical (unpaired) electrons. The first-order chi connectivity index (χ1) is 15.0. The van der Waals surface area contributed by atoms with Crippen molar-refractivity contribution in [3.63, 3.8) is 0 Å². The number of benzene rings is 1. The number of pyridine rings is 1. The smallest absolute Gasteiger partial charge is 0.263 e. The van der Waals surface area contributed by atoms with Gasteiger partial charge >= 0.3 is 0 Å². The van der Waals surface area contributed by atoms with Crippen molar-refractivity contribution in [3.8, 4) is 0 Å². The number of rotatable bonds is 5. The van der Waals surface area contributed by atoms with Gasteiger partial charge in [0, 0.05) is 31.9 Å². The van der Waals surface area contributed by atoms with Crippen LogP contribution in [0.4, 0.5) is 0 Å². The molecule has 7 heteroatoms. The summed E-state index contributed by atoms with van der Waals surface area (Å²) in [4.78, 5) is 42.8. The first-order valence-electron chi connectivity index (χ1n) is 11.1. The van der Waals surface area contributed by atoms with Crippen LogP contribution in [0.25, 0.3) is 0 Å². The maximum Gasteiger partial charge on any atom is 0.263 e. The van der Waals surface area contributed by atoms with Crippen molar-refractivity contribution in [2.75, 3.05) is 26.7 Å². The van der Waals surface area contributed by atoms with Gasteiger partial charge in [-0.05, 0) is 37.6 Å². The molecule has 1 aliphatic heterocycles. The monoisotopic (exact) mass is 422 g/mol. The average molecular weight is 423 g/mol. The maximum absolute atomic E-state index is 13.2. The van der Waals surface area contributed by atoms with Crippen LogP contribution in [0.15, 0.2) is 53.5 Å². The normalized spacial score (nSPS) is 20.0. The summed E-state index contributed by atoms with van der Waals surface area (Å²) in [5.41, 5.74) is 0.761. The number of likely N-dealkylation sites (N-methyl/N-ethyl adjacent to an activating group) is 1. The van der Waals surface area contributed by atoms with Crippen LogP contribution in [-0.4, -0.2) is 58.9 Å². The molecule has 1 unspecified atom stereocenters. The summed E-state index contributed by atoms with van der Waals surface area (Å²) >= 11 is 0. The molecule has 7 nitrogen and oxygen atoms in total. The summed E-state index contributed by atoms with van der Waals surface area (Å²) in [7, 11) is 2.05. The summed E-state index contributed by atoms with van der Waals surface area (Å²) in [6.07, 6.45) is 5.70. The molecule has 0 spiro atoms. The lowest BCUT2D eigenvalue weighted by atomic mass is 10.0. The minimum atomic E-state index is -0.420. The lowest BCUT2D eigenvalue weighted by Gasteiger charge is -2.40. The second-order valence-corrected chi connectivity index (χ2v) is 8.59. The number of nitrogens with zero attached hydrogens (tertiary/aromatic N) is 3. The third-order valence-electron chi connectivity index (χ3n) is 6.35. The zero-order valence-corrected chi connectivity index (χ0v) is 18.0. The van der Waals surface area contributed by atoms with Crippen molar-refractivity contribution in [2.45, 2.75) is 44.3 Å². The molecule has 2 heterocycles. The van der Waals surface area contributed by atoms with E-state index >= 15 is 0 Å². The van der Waals surface area contributed by atoms with Crippen molar-refractivity contribution < 1.29 is 9.59 Å². The van der Waals surface area contributed by atoms with Crippen molar-refractivity contribution in [1.29, 1.82) is 0 Å². The van der Waals surface area contributed by atoms with Crippen LogP contribution < -0.4 is 10.9 Å². The molecule has 164 valence electrons. The van der Waals surface area contributed by atoms with E-state index in [1.807, 2.05) is 35.2 Å². The SMILES string of the molecule is CN1CCN(C(=O)Cn2cccc(C(=O)NC3CCCC3)c2=O)C(c2ccccc2)C1. The number of nitrogens with one attached hydrogen (secondary N) is 1. The summed E-state index contributed by atoms with van der Waals surface area (Å²) in [6.45, 7) is 2.06. The van der Waals surface area contributed by atoms with Crippen LogP contribution >= 0.6 is 0 Å². The fourth-order valence-corrected chi connectivity index (χ4v) is 4.58. The summed E-state index contributed by atoms with van der Waals surface area (Å²) in [5.74, 6) is -0.460. The molecule has 4 rings (SSSR count). The molecule has 1 aromatic heterocycles. The zero-order chi connectivity index (χ0) is 21.8. The Morgan fingerprint density at radius 3 is 2.52 bits per heavy atom. The van der Waals surface area contributed by atoms with Crippen LogP contribution in [0.2, 0.25) is 0 Å².